The normalized spacial score (nSPS) is 17.2. The van der Waals surface area contributed by atoms with Gasteiger partial charge < -0.3 is 19.5 Å². The number of methoxy groups -OCH3 is 1. The van der Waals surface area contributed by atoms with E-state index in [0.717, 1.165) is 27.8 Å². The molecule has 4 aromatic rings. The predicted octanol–water partition coefficient (Wildman–Crippen LogP) is 4.73. The average molecular weight is 482 g/mol. The van der Waals surface area contributed by atoms with Crippen LogP contribution >= 0.6 is 0 Å². The van der Waals surface area contributed by atoms with Gasteiger partial charge in [0.1, 0.15) is 17.0 Å². The van der Waals surface area contributed by atoms with Crippen molar-refractivity contribution in [2.45, 2.75) is 38.9 Å². The molecule has 6 heteroatoms. The number of ether oxygens (including phenoxy) is 1. The molecule has 1 unspecified atom stereocenters. The molecule has 6 nitrogen and oxygen atoms in total. The van der Waals surface area contributed by atoms with Crippen LogP contribution < -0.4 is 10.1 Å². The Balaban J connectivity index is 1.47. The fourth-order valence-corrected chi connectivity index (χ4v) is 5.07. The lowest BCUT2D eigenvalue weighted by molar-refractivity contribution is -0.133. The second-order valence-electron chi connectivity index (χ2n) is 9.64. The van der Waals surface area contributed by atoms with Crippen LogP contribution in [0.2, 0.25) is 0 Å². The molecule has 3 aromatic carbocycles. The number of benzene rings is 3. The third-order valence-electron chi connectivity index (χ3n) is 7.20. The fourth-order valence-electron chi connectivity index (χ4n) is 5.07. The van der Waals surface area contributed by atoms with Gasteiger partial charge in [0.25, 0.3) is 5.91 Å². The monoisotopic (exact) mass is 481 g/mol. The van der Waals surface area contributed by atoms with Crippen LogP contribution in [-0.2, 0) is 24.3 Å². The molecule has 5 rings (SSSR count). The van der Waals surface area contributed by atoms with Crippen molar-refractivity contribution in [3.05, 3.63) is 101 Å². The number of nitrogens with zero attached hydrogens (tertiary/aromatic N) is 2. The summed E-state index contributed by atoms with van der Waals surface area (Å²) >= 11 is 0. The minimum Gasteiger partial charge on any atom is -0.496 e. The zero-order valence-corrected chi connectivity index (χ0v) is 21.0. The first kappa shape index (κ1) is 23.7. The minimum atomic E-state index is -1.06. The van der Waals surface area contributed by atoms with Crippen molar-refractivity contribution in [3.8, 4) is 5.75 Å². The molecular weight excluding hydrogens is 450 g/mol. The third-order valence-corrected chi connectivity index (χ3v) is 7.20. The van der Waals surface area contributed by atoms with Crippen LogP contribution in [-0.4, -0.2) is 40.5 Å². The summed E-state index contributed by atoms with van der Waals surface area (Å²) in [5.41, 5.74) is 3.74. The summed E-state index contributed by atoms with van der Waals surface area (Å²) in [6, 6.07) is 25.8. The number of carbonyl (C=O) groups is 2. The quantitative estimate of drug-likeness (QED) is 0.415. The smallest absolute Gasteiger partial charge is 0.271 e. The molecule has 2 amide bonds. The SMILES string of the molecule is COc1ccccc1CNC(=O)C1(C)Cn2c(cc3ccccc32)C(=O)N1CCc1ccc(C)cc1. The van der Waals surface area contributed by atoms with Crippen LogP contribution in [0.15, 0.2) is 78.9 Å². The van der Waals surface area contributed by atoms with Crippen molar-refractivity contribution in [2.24, 2.45) is 0 Å². The van der Waals surface area contributed by atoms with Gasteiger partial charge in [0.15, 0.2) is 0 Å². The first-order chi connectivity index (χ1) is 17.4. The second kappa shape index (κ2) is 9.53. The molecule has 0 bridgehead atoms. The number of nitrogens with one attached hydrogen (secondary N) is 1. The number of hydrogen-bond donors (Lipinski definition) is 1. The molecule has 0 saturated carbocycles. The van der Waals surface area contributed by atoms with Crippen LogP contribution in [0.3, 0.4) is 0 Å². The standard InChI is InChI=1S/C30H31N3O3/c1-21-12-14-22(15-13-21)16-17-33-28(34)26-18-23-8-4-6-10-25(23)32(26)20-30(33,2)29(35)31-19-24-9-5-7-11-27(24)36-3/h4-15,18H,16-17,19-20H2,1-3H3,(H,31,35). The highest BCUT2D eigenvalue weighted by Crippen LogP contribution is 2.32. The second-order valence-corrected chi connectivity index (χ2v) is 9.64. The summed E-state index contributed by atoms with van der Waals surface area (Å²) in [5.74, 6) is 0.409. The summed E-state index contributed by atoms with van der Waals surface area (Å²) in [6.45, 7) is 5.07. The van der Waals surface area contributed by atoms with Gasteiger partial charge >= 0.3 is 0 Å². The molecule has 1 aromatic heterocycles. The highest BCUT2D eigenvalue weighted by Gasteiger charge is 2.47. The van der Waals surface area contributed by atoms with Gasteiger partial charge in [-0.3, -0.25) is 9.59 Å². The Morgan fingerprint density at radius 1 is 1.03 bits per heavy atom. The molecule has 0 fully saturated rings. The molecule has 1 atom stereocenters. The van der Waals surface area contributed by atoms with Gasteiger partial charge in [-0.25, -0.2) is 0 Å². The number of aryl methyl sites for hydroxylation is 1. The summed E-state index contributed by atoms with van der Waals surface area (Å²) in [5, 5.41) is 4.08. The van der Waals surface area contributed by atoms with Gasteiger partial charge in [0, 0.05) is 29.6 Å². The van der Waals surface area contributed by atoms with E-state index in [-0.39, 0.29) is 11.8 Å². The number of hydrogen-bond acceptors (Lipinski definition) is 3. The van der Waals surface area contributed by atoms with Gasteiger partial charge in [-0.15, -0.1) is 0 Å². The lowest BCUT2D eigenvalue weighted by Gasteiger charge is -2.44. The molecule has 184 valence electrons. The molecule has 0 aliphatic carbocycles. The van der Waals surface area contributed by atoms with Gasteiger partial charge in [-0.05, 0) is 44.0 Å². The van der Waals surface area contributed by atoms with E-state index in [1.165, 1.54) is 5.56 Å². The summed E-state index contributed by atoms with van der Waals surface area (Å²) in [6.07, 6.45) is 0.668. The molecular formula is C30H31N3O3. The molecule has 1 N–H and O–H groups in total. The maximum absolute atomic E-state index is 13.9. The van der Waals surface area contributed by atoms with Gasteiger partial charge in [-0.1, -0.05) is 66.2 Å². The van der Waals surface area contributed by atoms with E-state index < -0.39 is 5.54 Å². The Hall–Kier alpha value is -4.06. The minimum absolute atomic E-state index is 0.125. The van der Waals surface area contributed by atoms with Gasteiger partial charge in [0.05, 0.1) is 13.7 Å². The number of amides is 2. The van der Waals surface area contributed by atoms with Gasteiger partial charge in [0.2, 0.25) is 5.91 Å². The molecule has 0 spiro atoms. The molecule has 0 radical (unpaired) electrons. The van der Waals surface area contributed by atoms with E-state index in [2.05, 4.69) is 36.5 Å². The Morgan fingerprint density at radius 2 is 1.75 bits per heavy atom. The van der Waals surface area contributed by atoms with Crippen molar-refractivity contribution >= 4 is 22.7 Å². The summed E-state index contributed by atoms with van der Waals surface area (Å²) < 4.78 is 7.44. The molecule has 2 heterocycles. The fraction of sp³-hybridized carbons (Fsp3) is 0.267. The Kier molecular flexibility index (Phi) is 6.27. The largest absolute Gasteiger partial charge is 0.496 e. The number of fused-ring (bicyclic) bond motifs is 3. The van der Waals surface area contributed by atoms with Crippen LogP contribution in [0.4, 0.5) is 0 Å². The Labute approximate surface area is 211 Å². The molecule has 36 heavy (non-hydrogen) atoms. The average Bonchev–Trinajstić information content (AvgIpc) is 3.26. The van der Waals surface area contributed by atoms with Crippen LogP contribution in [0, 0.1) is 6.92 Å². The maximum atomic E-state index is 13.9. The topological polar surface area (TPSA) is 63.6 Å². The van der Waals surface area contributed by atoms with Crippen molar-refractivity contribution < 1.29 is 14.3 Å². The lowest BCUT2D eigenvalue weighted by Crippen LogP contribution is -2.64. The lowest BCUT2D eigenvalue weighted by atomic mass is 9.93. The molecule has 1 aliphatic rings. The van der Waals surface area contributed by atoms with Crippen LogP contribution in [0.25, 0.3) is 10.9 Å². The van der Waals surface area contributed by atoms with Crippen molar-refractivity contribution in [3.63, 3.8) is 0 Å². The van der Waals surface area contributed by atoms with Gasteiger partial charge in [-0.2, -0.15) is 0 Å². The maximum Gasteiger partial charge on any atom is 0.271 e. The number of para-hydroxylation sites is 2. The van der Waals surface area contributed by atoms with Crippen molar-refractivity contribution in [1.82, 2.24) is 14.8 Å². The number of carbonyl (C=O) groups excluding carboxylic acids is 2. The zero-order chi connectivity index (χ0) is 25.3. The highest BCUT2D eigenvalue weighted by atomic mass is 16.5. The molecule has 1 aliphatic heterocycles. The third kappa shape index (κ3) is 4.24. The van der Waals surface area contributed by atoms with Crippen LogP contribution in [0.1, 0.15) is 34.1 Å². The predicted molar refractivity (Wildman–Crippen MR) is 141 cm³/mol. The van der Waals surface area contributed by atoms with E-state index in [9.17, 15) is 9.59 Å². The van der Waals surface area contributed by atoms with Crippen molar-refractivity contribution in [1.29, 1.82) is 0 Å². The van der Waals surface area contributed by atoms with Crippen LogP contribution in [0.5, 0.6) is 5.75 Å². The zero-order valence-electron chi connectivity index (χ0n) is 21.0. The highest BCUT2D eigenvalue weighted by molar-refractivity contribution is 6.03. The van der Waals surface area contributed by atoms with E-state index >= 15 is 0 Å². The first-order valence-corrected chi connectivity index (χ1v) is 12.3. The van der Waals surface area contributed by atoms with Crippen molar-refractivity contribution in [2.75, 3.05) is 13.7 Å². The first-order valence-electron chi connectivity index (χ1n) is 12.3. The van der Waals surface area contributed by atoms with E-state index in [4.69, 9.17) is 4.74 Å². The Bertz CT molecular complexity index is 1420. The number of aromatic nitrogens is 1. The summed E-state index contributed by atoms with van der Waals surface area (Å²) in [7, 11) is 1.62. The summed E-state index contributed by atoms with van der Waals surface area (Å²) in [4.78, 5) is 29.4. The van der Waals surface area contributed by atoms with E-state index in [1.54, 1.807) is 12.0 Å². The molecule has 0 saturated heterocycles. The van der Waals surface area contributed by atoms with E-state index in [0.29, 0.717) is 31.7 Å². The number of rotatable bonds is 7. The Morgan fingerprint density at radius 3 is 2.53 bits per heavy atom. The van der Waals surface area contributed by atoms with E-state index in [1.807, 2.05) is 66.1 Å².